The lowest BCUT2D eigenvalue weighted by molar-refractivity contribution is 0.133. The summed E-state index contributed by atoms with van der Waals surface area (Å²) in [5, 5.41) is 1.11. The Kier molecular flexibility index (Phi) is 6.50. The first kappa shape index (κ1) is 22.3. The van der Waals surface area contributed by atoms with Crippen LogP contribution >= 0.6 is 0 Å². The zero-order valence-corrected chi connectivity index (χ0v) is 20.4. The van der Waals surface area contributed by atoms with Gasteiger partial charge >= 0.3 is 0 Å². The molecule has 1 saturated carbocycles. The lowest BCUT2D eigenvalue weighted by Crippen LogP contribution is -2.37. The van der Waals surface area contributed by atoms with Crippen molar-refractivity contribution >= 4 is 11.0 Å². The average molecular weight is 467 g/mol. The number of likely N-dealkylation sites (tertiary alicyclic amines) is 1. The summed E-state index contributed by atoms with van der Waals surface area (Å²) in [5.74, 6) is 1.68. The molecule has 0 amide bonds. The van der Waals surface area contributed by atoms with Gasteiger partial charge in [-0.3, -0.25) is 0 Å². The largest absolute Gasteiger partial charge is 0.489 e. The van der Waals surface area contributed by atoms with Gasteiger partial charge in [0.15, 0.2) is 0 Å². The van der Waals surface area contributed by atoms with Crippen molar-refractivity contribution in [3.63, 3.8) is 0 Å². The second-order valence-electron chi connectivity index (χ2n) is 10.2. The number of nitrogens with zero attached hydrogens (tertiary/aromatic N) is 4. The summed E-state index contributed by atoms with van der Waals surface area (Å²) >= 11 is 0. The molecule has 4 aromatic rings. The molecule has 2 aliphatic rings. The van der Waals surface area contributed by atoms with Crippen LogP contribution in [-0.4, -0.2) is 39.1 Å². The first-order valence-electron chi connectivity index (χ1n) is 13.1. The molecule has 2 aromatic heterocycles. The van der Waals surface area contributed by atoms with E-state index < -0.39 is 0 Å². The van der Waals surface area contributed by atoms with E-state index in [9.17, 15) is 0 Å². The summed E-state index contributed by atoms with van der Waals surface area (Å²) in [6.45, 7) is 4.40. The molecule has 0 atom stereocenters. The maximum Gasteiger partial charge on any atom is 0.144 e. The van der Waals surface area contributed by atoms with E-state index in [1.165, 1.54) is 69.3 Å². The zero-order chi connectivity index (χ0) is 23.5. The molecule has 0 unspecified atom stereocenters. The van der Waals surface area contributed by atoms with Gasteiger partial charge in [-0.25, -0.2) is 9.97 Å². The van der Waals surface area contributed by atoms with Crippen LogP contribution in [0.3, 0.4) is 0 Å². The smallest absolute Gasteiger partial charge is 0.144 e. The lowest BCUT2D eigenvalue weighted by Gasteiger charge is -2.39. The molecule has 0 bridgehead atoms. The number of benzene rings is 2. The van der Waals surface area contributed by atoms with E-state index in [-0.39, 0.29) is 0 Å². The van der Waals surface area contributed by atoms with Crippen LogP contribution in [0.5, 0.6) is 5.75 Å². The molecule has 180 valence electrons. The number of fused-ring (bicyclic) bond motifs is 1. The van der Waals surface area contributed by atoms with E-state index in [4.69, 9.17) is 9.72 Å². The summed E-state index contributed by atoms with van der Waals surface area (Å²) in [6.07, 6.45) is 13.9. The summed E-state index contributed by atoms with van der Waals surface area (Å²) < 4.78 is 8.51. The van der Waals surface area contributed by atoms with Gasteiger partial charge in [0.05, 0.1) is 0 Å². The second-order valence-corrected chi connectivity index (χ2v) is 10.2. The van der Waals surface area contributed by atoms with Crippen LogP contribution in [0.15, 0.2) is 73.3 Å². The van der Waals surface area contributed by atoms with Crippen molar-refractivity contribution < 1.29 is 4.74 Å². The van der Waals surface area contributed by atoms with E-state index in [0.29, 0.717) is 12.6 Å². The molecule has 0 radical (unpaired) electrons. The molecule has 0 N–H and O–H groups in total. The molecule has 2 aromatic carbocycles. The van der Waals surface area contributed by atoms with Crippen molar-refractivity contribution in [3.8, 4) is 16.9 Å². The van der Waals surface area contributed by atoms with Gasteiger partial charge in [-0.05, 0) is 68.0 Å². The maximum absolute atomic E-state index is 6.11. The number of rotatable bonds is 7. The fraction of sp³-hybridized carbons (Fsp3) is 0.400. The van der Waals surface area contributed by atoms with E-state index in [0.717, 1.165) is 28.3 Å². The predicted molar refractivity (Wildman–Crippen MR) is 140 cm³/mol. The monoisotopic (exact) mass is 466 g/mol. The van der Waals surface area contributed by atoms with Crippen molar-refractivity contribution in [2.75, 3.05) is 19.6 Å². The van der Waals surface area contributed by atoms with Gasteiger partial charge in [-0.2, -0.15) is 0 Å². The van der Waals surface area contributed by atoms with E-state index in [2.05, 4.69) is 51.0 Å². The number of ether oxygens (including phenoxy) is 1. The Bertz CT molecular complexity index is 1250. The Balaban J connectivity index is 1.19. The van der Waals surface area contributed by atoms with Crippen molar-refractivity contribution in [1.29, 1.82) is 0 Å². The van der Waals surface area contributed by atoms with Gasteiger partial charge in [-0.1, -0.05) is 55.3 Å². The minimum absolute atomic E-state index is 0.524. The SMILES string of the molecule is c1ccc(COc2cccc(-c3cn(C4CC(CN5CCCCCC5)C4)c4ncncc34)c2)cc1. The molecule has 5 nitrogen and oxygen atoms in total. The normalized spacial score (nSPS) is 20.9. The van der Waals surface area contributed by atoms with Crippen molar-refractivity contribution in [2.45, 2.75) is 51.2 Å². The summed E-state index contributed by atoms with van der Waals surface area (Å²) in [5.41, 5.74) is 4.54. The van der Waals surface area contributed by atoms with E-state index >= 15 is 0 Å². The highest BCUT2D eigenvalue weighted by Gasteiger charge is 2.33. The third-order valence-corrected chi connectivity index (χ3v) is 7.71. The van der Waals surface area contributed by atoms with Crippen LogP contribution in [0.25, 0.3) is 22.2 Å². The Morgan fingerprint density at radius 2 is 1.74 bits per heavy atom. The lowest BCUT2D eigenvalue weighted by atomic mass is 9.79. The Labute approximate surface area is 207 Å². The van der Waals surface area contributed by atoms with Crippen molar-refractivity contribution in [1.82, 2.24) is 19.4 Å². The standard InChI is InChI=1S/C30H34N4O/c1-2-7-14-33(13-6-1)19-24-15-26(16-24)34-20-29(28-18-31-22-32-30(28)34)25-11-8-12-27(17-25)35-21-23-9-4-3-5-10-23/h3-5,8-12,17-18,20,22,24,26H,1-2,6-7,13-16,19,21H2. The highest BCUT2D eigenvalue weighted by Crippen LogP contribution is 2.42. The zero-order valence-electron chi connectivity index (χ0n) is 20.4. The number of aromatic nitrogens is 3. The fourth-order valence-corrected chi connectivity index (χ4v) is 5.75. The molecule has 6 rings (SSSR count). The first-order valence-corrected chi connectivity index (χ1v) is 13.1. The van der Waals surface area contributed by atoms with Gasteiger partial charge in [0, 0.05) is 35.9 Å². The van der Waals surface area contributed by atoms with Gasteiger partial charge in [0.1, 0.15) is 24.3 Å². The maximum atomic E-state index is 6.11. The number of hydrogen-bond donors (Lipinski definition) is 0. The average Bonchev–Trinajstić information content (AvgIpc) is 3.06. The molecule has 0 spiro atoms. The van der Waals surface area contributed by atoms with Crippen LogP contribution in [0.4, 0.5) is 0 Å². The van der Waals surface area contributed by atoms with Crippen LogP contribution in [-0.2, 0) is 6.61 Å². The van der Waals surface area contributed by atoms with E-state index in [1.54, 1.807) is 6.33 Å². The highest BCUT2D eigenvalue weighted by molar-refractivity contribution is 5.93. The van der Waals surface area contributed by atoms with Gasteiger partial charge in [0.25, 0.3) is 0 Å². The molecule has 1 aliphatic heterocycles. The van der Waals surface area contributed by atoms with Crippen LogP contribution < -0.4 is 4.74 Å². The Hall–Kier alpha value is -3.18. The first-order chi connectivity index (χ1) is 17.3. The van der Waals surface area contributed by atoms with Crippen molar-refractivity contribution in [3.05, 3.63) is 78.9 Å². The fourth-order valence-electron chi connectivity index (χ4n) is 5.75. The Morgan fingerprint density at radius 3 is 2.57 bits per heavy atom. The molecule has 2 fully saturated rings. The summed E-state index contributed by atoms with van der Waals surface area (Å²) in [4.78, 5) is 11.7. The molecular formula is C30H34N4O. The Morgan fingerprint density at radius 1 is 0.914 bits per heavy atom. The molecule has 1 saturated heterocycles. The molecular weight excluding hydrogens is 432 g/mol. The molecule has 35 heavy (non-hydrogen) atoms. The predicted octanol–water partition coefficient (Wildman–Crippen LogP) is 6.50. The third-order valence-electron chi connectivity index (χ3n) is 7.71. The van der Waals surface area contributed by atoms with Crippen molar-refractivity contribution in [2.24, 2.45) is 5.92 Å². The van der Waals surface area contributed by atoms with E-state index in [1.807, 2.05) is 30.5 Å². The topological polar surface area (TPSA) is 43.2 Å². The minimum atomic E-state index is 0.524. The molecule has 5 heteroatoms. The summed E-state index contributed by atoms with van der Waals surface area (Å²) in [7, 11) is 0. The molecule has 1 aliphatic carbocycles. The number of hydrogen-bond acceptors (Lipinski definition) is 4. The van der Waals surface area contributed by atoms with Gasteiger partial charge < -0.3 is 14.2 Å². The second kappa shape index (κ2) is 10.2. The van der Waals surface area contributed by atoms with Crippen LogP contribution in [0.1, 0.15) is 50.1 Å². The van der Waals surface area contributed by atoms with Crippen LogP contribution in [0.2, 0.25) is 0 Å². The third kappa shape index (κ3) is 4.96. The quantitative estimate of drug-likeness (QED) is 0.312. The summed E-state index contributed by atoms with van der Waals surface area (Å²) in [6, 6.07) is 19.2. The minimum Gasteiger partial charge on any atom is -0.489 e. The molecule has 3 heterocycles. The highest BCUT2D eigenvalue weighted by atomic mass is 16.5. The van der Waals surface area contributed by atoms with Crippen LogP contribution in [0, 0.1) is 5.92 Å². The van der Waals surface area contributed by atoms with Gasteiger partial charge in [0.2, 0.25) is 0 Å². The van der Waals surface area contributed by atoms with Gasteiger partial charge in [-0.15, -0.1) is 0 Å².